The van der Waals surface area contributed by atoms with Crippen LogP contribution in [-0.4, -0.2) is 12.6 Å². The number of hydrogen-bond acceptors (Lipinski definition) is 2. The fraction of sp³-hybridized carbons (Fsp3) is 0.250. The first-order chi connectivity index (χ1) is 2.91. The molecular weight excluding hydrogens is 76.1 g/mol. The Hall–Kier alpha value is -1.06. The van der Waals surface area contributed by atoms with Crippen molar-refractivity contribution >= 4 is 6.01 Å². The van der Waals surface area contributed by atoms with E-state index in [1.54, 1.807) is 6.01 Å². The van der Waals surface area contributed by atoms with Crippen LogP contribution in [0.4, 0.5) is 0 Å². The van der Waals surface area contributed by atoms with Gasteiger partial charge in [0.05, 0.1) is 6.01 Å². The first-order valence-corrected chi connectivity index (χ1v) is 1.43. The molecule has 0 fully saturated rings. The first kappa shape index (κ1) is 4.94. The second-order valence-corrected chi connectivity index (χ2v) is 0.632. The third-order valence-electron chi connectivity index (χ3n) is 0.249. The van der Waals surface area contributed by atoms with Crippen molar-refractivity contribution in [3.05, 3.63) is 0 Å². The average molecular weight is 80.1 g/mol. The van der Waals surface area contributed by atoms with Crippen molar-refractivity contribution in [2.24, 2.45) is 4.99 Å². The number of rotatable bonds is 1. The highest BCUT2D eigenvalue weighted by Gasteiger charge is 1.55. The molecule has 0 aromatic carbocycles. The SMILES string of the molecule is C#CCN=C=N. The molecule has 0 radical (unpaired) electrons. The number of aliphatic imine (C=N–C) groups is 1. The van der Waals surface area contributed by atoms with Crippen LogP contribution < -0.4 is 0 Å². The van der Waals surface area contributed by atoms with Gasteiger partial charge in [0.15, 0.2) is 0 Å². The van der Waals surface area contributed by atoms with Crippen LogP contribution in [0.2, 0.25) is 0 Å². The summed E-state index contributed by atoms with van der Waals surface area (Å²) in [6.07, 6.45) is 4.75. The molecule has 0 atom stereocenters. The summed E-state index contributed by atoms with van der Waals surface area (Å²) in [6.45, 7) is 0.267. The summed E-state index contributed by atoms with van der Waals surface area (Å²) in [5.41, 5.74) is 0. The van der Waals surface area contributed by atoms with Crippen molar-refractivity contribution in [3.8, 4) is 12.3 Å². The standard InChI is InChI=1S/C4H4N2/c1-2-3-6-4-5/h1,5H,3H2. The van der Waals surface area contributed by atoms with E-state index in [0.717, 1.165) is 0 Å². The molecule has 0 saturated heterocycles. The van der Waals surface area contributed by atoms with Crippen molar-refractivity contribution in [1.29, 1.82) is 5.41 Å². The molecule has 30 valence electrons. The Morgan fingerprint density at radius 3 is 2.67 bits per heavy atom. The highest BCUT2D eigenvalue weighted by atomic mass is 14.7. The van der Waals surface area contributed by atoms with Crippen LogP contribution in [0.1, 0.15) is 0 Å². The molecule has 0 amide bonds. The first-order valence-electron chi connectivity index (χ1n) is 1.43. The van der Waals surface area contributed by atoms with Crippen LogP contribution in [0, 0.1) is 17.8 Å². The van der Waals surface area contributed by atoms with Crippen LogP contribution in [0.15, 0.2) is 4.99 Å². The Morgan fingerprint density at radius 1 is 1.83 bits per heavy atom. The highest BCUT2D eigenvalue weighted by Crippen LogP contribution is 1.54. The normalized spacial score (nSPS) is 5.17. The van der Waals surface area contributed by atoms with Gasteiger partial charge in [-0.3, -0.25) is 0 Å². The van der Waals surface area contributed by atoms with E-state index in [4.69, 9.17) is 11.8 Å². The molecule has 0 aliphatic carbocycles. The Morgan fingerprint density at radius 2 is 2.50 bits per heavy atom. The summed E-state index contributed by atoms with van der Waals surface area (Å²) < 4.78 is 0. The zero-order valence-electron chi connectivity index (χ0n) is 3.23. The molecule has 0 aromatic heterocycles. The number of terminal acetylenes is 1. The van der Waals surface area contributed by atoms with E-state index >= 15 is 0 Å². The van der Waals surface area contributed by atoms with Gasteiger partial charge < -0.3 is 0 Å². The van der Waals surface area contributed by atoms with Gasteiger partial charge in [-0.2, -0.15) is 0 Å². The second-order valence-electron chi connectivity index (χ2n) is 0.632. The van der Waals surface area contributed by atoms with E-state index in [1.807, 2.05) is 0 Å². The molecule has 0 bridgehead atoms. The Balaban J connectivity index is 3.16. The zero-order chi connectivity index (χ0) is 4.83. The Labute approximate surface area is 36.4 Å². The van der Waals surface area contributed by atoms with E-state index in [2.05, 4.69) is 10.9 Å². The lowest BCUT2D eigenvalue weighted by Crippen LogP contribution is -1.64. The van der Waals surface area contributed by atoms with E-state index in [0.29, 0.717) is 0 Å². The number of hydrogen-bond donors (Lipinski definition) is 1. The molecule has 0 unspecified atom stereocenters. The van der Waals surface area contributed by atoms with Crippen molar-refractivity contribution < 1.29 is 0 Å². The fourth-order valence-corrected chi connectivity index (χ4v) is 0.0852. The lowest BCUT2D eigenvalue weighted by molar-refractivity contribution is 1.29. The zero-order valence-corrected chi connectivity index (χ0v) is 3.23. The minimum atomic E-state index is 0.267. The van der Waals surface area contributed by atoms with Crippen LogP contribution in [0.5, 0.6) is 0 Å². The summed E-state index contributed by atoms with van der Waals surface area (Å²) in [7, 11) is 0. The smallest absolute Gasteiger partial charge is 0.110 e. The molecule has 0 saturated carbocycles. The number of nitrogens with zero attached hydrogens (tertiary/aromatic N) is 1. The molecule has 0 spiro atoms. The van der Waals surface area contributed by atoms with Gasteiger partial charge in [-0.25, -0.2) is 10.4 Å². The molecule has 0 aromatic rings. The van der Waals surface area contributed by atoms with Gasteiger partial charge in [-0.15, -0.1) is 6.42 Å². The van der Waals surface area contributed by atoms with Crippen molar-refractivity contribution in [1.82, 2.24) is 0 Å². The maximum absolute atomic E-state index is 6.19. The van der Waals surface area contributed by atoms with E-state index in [1.165, 1.54) is 0 Å². The van der Waals surface area contributed by atoms with Gasteiger partial charge in [0.1, 0.15) is 6.54 Å². The van der Waals surface area contributed by atoms with Gasteiger partial charge in [0.2, 0.25) is 0 Å². The Bertz CT molecular complexity index is 103. The number of nitrogens with one attached hydrogen (secondary N) is 1. The van der Waals surface area contributed by atoms with Gasteiger partial charge in [-0.1, -0.05) is 5.92 Å². The Kier molecular flexibility index (Phi) is 3.24. The molecule has 0 aliphatic heterocycles. The molecular formula is C4H4N2. The minimum absolute atomic E-state index is 0.267. The largest absolute Gasteiger partial charge is 0.242 e. The van der Waals surface area contributed by atoms with Gasteiger partial charge in [0.25, 0.3) is 0 Å². The molecule has 0 aliphatic rings. The van der Waals surface area contributed by atoms with Crippen LogP contribution in [0.3, 0.4) is 0 Å². The maximum Gasteiger partial charge on any atom is 0.110 e. The van der Waals surface area contributed by atoms with Crippen molar-refractivity contribution in [2.45, 2.75) is 0 Å². The van der Waals surface area contributed by atoms with E-state index < -0.39 is 0 Å². The maximum atomic E-state index is 6.19. The summed E-state index contributed by atoms with van der Waals surface area (Å²) in [5, 5.41) is 6.19. The monoisotopic (exact) mass is 80.0 g/mol. The van der Waals surface area contributed by atoms with Gasteiger partial charge in [-0.05, 0) is 0 Å². The van der Waals surface area contributed by atoms with Gasteiger partial charge in [0, 0.05) is 0 Å². The van der Waals surface area contributed by atoms with Crippen LogP contribution in [0.25, 0.3) is 0 Å². The summed E-state index contributed by atoms with van der Waals surface area (Å²) in [4.78, 5) is 3.27. The van der Waals surface area contributed by atoms with Crippen LogP contribution >= 0.6 is 0 Å². The molecule has 0 heterocycles. The molecule has 6 heavy (non-hydrogen) atoms. The van der Waals surface area contributed by atoms with Crippen LogP contribution in [-0.2, 0) is 0 Å². The third-order valence-corrected chi connectivity index (χ3v) is 0.249. The van der Waals surface area contributed by atoms with E-state index in [-0.39, 0.29) is 6.54 Å². The fourth-order valence-electron chi connectivity index (χ4n) is 0.0852. The summed E-state index contributed by atoms with van der Waals surface area (Å²) in [5.74, 6) is 2.22. The van der Waals surface area contributed by atoms with Crippen molar-refractivity contribution in [2.75, 3.05) is 6.54 Å². The lowest BCUT2D eigenvalue weighted by atomic mass is 10.7. The molecule has 2 heteroatoms. The second kappa shape index (κ2) is 3.94. The molecule has 0 rings (SSSR count). The lowest BCUT2D eigenvalue weighted by Gasteiger charge is -1.62. The highest BCUT2D eigenvalue weighted by molar-refractivity contribution is 5.36. The third kappa shape index (κ3) is 2.94. The van der Waals surface area contributed by atoms with E-state index in [9.17, 15) is 0 Å². The predicted octanol–water partition coefficient (Wildman–Crippen LogP) is 0.372. The minimum Gasteiger partial charge on any atom is -0.242 e. The summed E-state index contributed by atoms with van der Waals surface area (Å²) >= 11 is 0. The topological polar surface area (TPSA) is 36.2 Å². The average Bonchev–Trinajstić information content (AvgIpc) is 1.61. The molecule has 2 nitrogen and oxygen atoms in total. The van der Waals surface area contributed by atoms with Gasteiger partial charge >= 0.3 is 0 Å². The predicted molar refractivity (Wildman–Crippen MR) is 23.9 cm³/mol. The van der Waals surface area contributed by atoms with Crippen molar-refractivity contribution in [3.63, 3.8) is 0 Å². The quantitative estimate of drug-likeness (QED) is 0.349. The summed E-state index contributed by atoms with van der Waals surface area (Å²) in [6, 6.07) is 1.80. The molecule has 1 N–H and O–H groups in total.